The summed E-state index contributed by atoms with van der Waals surface area (Å²) >= 11 is 5.75. The van der Waals surface area contributed by atoms with Crippen LogP contribution < -0.4 is 0 Å². The second-order valence-corrected chi connectivity index (χ2v) is 2.53. The lowest BCUT2D eigenvalue weighted by atomic mass is 10.1. The van der Waals surface area contributed by atoms with E-state index >= 15 is 0 Å². The van der Waals surface area contributed by atoms with Crippen molar-refractivity contribution in [2.45, 2.75) is 10.6 Å². The van der Waals surface area contributed by atoms with Gasteiger partial charge in [-0.2, -0.15) is 0 Å². The van der Waals surface area contributed by atoms with Crippen molar-refractivity contribution in [1.29, 1.82) is 0 Å². The molecule has 0 bridgehead atoms. The quantitative estimate of drug-likeness (QED) is 0.720. The molecule has 0 aliphatic rings. The van der Waals surface area contributed by atoms with Crippen LogP contribution in [0.25, 0.3) is 0 Å². The molecule has 0 nitrogen and oxygen atoms in total. The highest BCUT2D eigenvalue weighted by atomic mass is 79.9. The van der Waals surface area contributed by atoms with Gasteiger partial charge in [-0.3, -0.25) is 0 Å². The fourth-order valence-electron chi connectivity index (χ4n) is 0.648. The zero-order chi connectivity index (χ0) is 11.0. The van der Waals surface area contributed by atoms with E-state index in [1.807, 2.05) is 0 Å². The van der Waals surface area contributed by atoms with Gasteiger partial charge in [0.25, 0.3) is 0 Å². The third kappa shape index (κ3) is 1.83. The van der Waals surface area contributed by atoms with Crippen LogP contribution in [0.4, 0.5) is 0 Å². The zero-order valence-electron chi connectivity index (χ0n) is 9.07. The SMILES string of the molecule is [2H]C([2H])(Br)c1ccccc1C([2H])([2H])Br. The first-order valence-electron chi connectivity index (χ1n) is 4.71. The number of alkyl halides is 2. The molecule has 1 aromatic carbocycles. The number of halogens is 2. The topological polar surface area (TPSA) is 0 Å². The summed E-state index contributed by atoms with van der Waals surface area (Å²) in [4.78, 5) is 0. The fourth-order valence-corrected chi connectivity index (χ4v) is 1.34. The molecule has 0 fully saturated rings. The van der Waals surface area contributed by atoms with E-state index in [0.717, 1.165) is 0 Å². The Balaban J connectivity index is 3.31. The van der Waals surface area contributed by atoms with E-state index < -0.39 is 10.6 Å². The first-order valence-corrected chi connectivity index (χ1v) is 4.29. The summed E-state index contributed by atoms with van der Waals surface area (Å²) < 4.78 is 30.0. The maximum atomic E-state index is 7.49. The molecule has 0 aliphatic carbocycles. The third-order valence-electron chi connectivity index (χ3n) is 1.13. The molecule has 0 aromatic heterocycles. The molecule has 0 amide bonds. The molecule has 0 N–H and O–H groups in total. The van der Waals surface area contributed by atoms with Gasteiger partial charge in [0.05, 0.1) is 0 Å². The molecule has 0 saturated carbocycles. The van der Waals surface area contributed by atoms with Gasteiger partial charge in [-0.1, -0.05) is 56.1 Å². The van der Waals surface area contributed by atoms with Crippen LogP contribution >= 0.6 is 31.9 Å². The average Bonchev–Trinajstić information content (AvgIpc) is 2.01. The summed E-state index contributed by atoms with van der Waals surface area (Å²) in [6.45, 7) is 0. The van der Waals surface area contributed by atoms with E-state index in [1.165, 1.54) is 0 Å². The first kappa shape index (κ1) is 4.27. The molecular formula is C8H8Br2. The lowest BCUT2D eigenvalue weighted by Crippen LogP contribution is -1.84. The number of hydrogen-bond acceptors (Lipinski definition) is 0. The molecule has 0 heterocycles. The molecule has 54 valence electrons. The van der Waals surface area contributed by atoms with E-state index in [-0.39, 0.29) is 0 Å². The summed E-state index contributed by atoms with van der Waals surface area (Å²) in [6, 6.07) is 6.47. The lowest BCUT2D eigenvalue weighted by molar-refractivity contribution is 1.30. The standard InChI is InChI=1S/C8H8Br2/c9-5-7-3-1-2-4-8(7)6-10/h1-4H,5-6H2/i5D2,6D2. The van der Waals surface area contributed by atoms with Crippen LogP contribution in [-0.2, 0) is 10.6 Å². The molecule has 1 rings (SSSR count). The normalized spacial score (nSPS) is 18.6. The van der Waals surface area contributed by atoms with E-state index in [9.17, 15) is 0 Å². The third-order valence-corrected chi connectivity index (χ3v) is 1.99. The van der Waals surface area contributed by atoms with Crippen molar-refractivity contribution in [3.63, 3.8) is 0 Å². The van der Waals surface area contributed by atoms with E-state index in [1.54, 1.807) is 24.3 Å². The Morgan fingerprint density at radius 2 is 1.50 bits per heavy atom. The van der Waals surface area contributed by atoms with Crippen molar-refractivity contribution >= 4 is 31.9 Å². The Bertz CT molecular complexity index is 294. The predicted octanol–water partition coefficient (Wildman–Crippen LogP) is 3.48. The Morgan fingerprint density at radius 1 is 1.10 bits per heavy atom. The van der Waals surface area contributed by atoms with Crippen LogP contribution in [0.2, 0.25) is 0 Å². The molecule has 0 radical (unpaired) electrons. The fraction of sp³-hybridized carbons (Fsp3) is 0.250. The van der Waals surface area contributed by atoms with E-state index in [0.29, 0.717) is 11.1 Å². The van der Waals surface area contributed by atoms with Gasteiger partial charge in [0.15, 0.2) is 0 Å². The van der Waals surface area contributed by atoms with Crippen molar-refractivity contribution in [2.75, 3.05) is 0 Å². The molecule has 0 atom stereocenters. The first-order chi connectivity index (χ1) is 6.23. The molecule has 0 unspecified atom stereocenters. The van der Waals surface area contributed by atoms with Crippen molar-refractivity contribution in [1.82, 2.24) is 0 Å². The molecule has 0 spiro atoms. The Hall–Kier alpha value is 0.180. The minimum atomic E-state index is -1.72. The van der Waals surface area contributed by atoms with Crippen LogP contribution in [0.3, 0.4) is 0 Å². The lowest BCUT2D eigenvalue weighted by Gasteiger charge is -2.00. The maximum absolute atomic E-state index is 7.49. The Labute approximate surface area is 83.5 Å². The minimum Gasteiger partial charge on any atom is -0.0876 e. The van der Waals surface area contributed by atoms with Crippen LogP contribution in [0.5, 0.6) is 0 Å². The average molecular weight is 268 g/mol. The van der Waals surface area contributed by atoms with Gasteiger partial charge in [-0.05, 0) is 11.1 Å². The van der Waals surface area contributed by atoms with Gasteiger partial charge in [0.2, 0.25) is 0 Å². The van der Waals surface area contributed by atoms with E-state index in [4.69, 9.17) is 5.48 Å². The minimum absolute atomic E-state index is 0.293. The second kappa shape index (κ2) is 4.14. The summed E-state index contributed by atoms with van der Waals surface area (Å²) in [5, 5.41) is -3.44. The van der Waals surface area contributed by atoms with Crippen LogP contribution in [0, 0.1) is 0 Å². The van der Waals surface area contributed by atoms with Crippen molar-refractivity contribution in [2.24, 2.45) is 0 Å². The van der Waals surface area contributed by atoms with Gasteiger partial charge in [0, 0.05) is 16.0 Å². The van der Waals surface area contributed by atoms with Gasteiger partial charge >= 0.3 is 0 Å². The summed E-state index contributed by atoms with van der Waals surface area (Å²) in [5.74, 6) is 0. The molecule has 0 saturated heterocycles. The van der Waals surface area contributed by atoms with Crippen molar-refractivity contribution < 1.29 is 5.48 Å². The highest BCUT2D eigenvalue weighted by molar-refractivity contribution is 9.09. The van der Waals surface area contributed by atoms with Gasteiger partial charge < -0.3 is 0 Å². The molecule has 10 heavy (non-hydrogen) atoms. The van der Waals surface area contributed by atoms with Gasteiger partial charge in [-0.25, -0.2) is 0 Å². The number of benzene rings is 1. The number of hydrogen-bond donors (Lipinski definition) is 0. The van der Waals surface area contributed by atoms with Crippen LogP contribution in [-0.4, -0.2) is 0 Å². The van der Waals surface area contributed by atoms with E-state index in [2.05, 4.69) is 31.9 Å². The zero-order valence-corrected chi connectivity index (χ0v) is 8.24. The largest absolute Gasteiger partial charge is 0.0876 e. The van der Waals surface area contributed by atoms with Crippen LogP contribution in [0.1, 0.15) is 16.6 Å². The summed E-state index contributed by atoms with van der Waals surface area (Å²) in [7, 11) is 0. The molecule has 1 aromatic rings. The predicted molar refractivity (Wildman–Crippen MR) is 51.7 cm³/mol. The monoisotopic (exact) mass is 266 g/mol. The second-order valence-electron chi connectivity index (χ2n) is 1.73. The number of rotatable bonds is 2. The van der Waals surface area contributed by atoms with Crippen LogP contribution in [0.15, 0.2) is 24.3 Å². The highest BCUT2D eigenvalue weighted by Gasteiger charge is 1.95. The maximum Gasteiger partial charge on any atom is 0.0437 e. The highest BCUT2D eigenvalue weighted by Crippen LogP contribution is 2.14. The van der Waals surface area contributed by atoms with Gasteiger partial charge in [0.1, 0.15) is 0 Å². The smallest absolute Gasteiger partial charge is 0.0437 e. The van der Waals surface area contributed by atoms with Crippen molar-refractivity contribution in [3.8, 4) is 0 Å². The Morgan fingerprint density at radius 3 is 1.80 bits per heavy atom. The summed E-state index contributed by atoms with van der Waals surface area (Å²) in [6.07, 6.45) is 0. The molecule has 0 aliphatic heterocycles. The summed E-state index contributed by atoms with van der Waals surface area (Å²) in [5.41, 5.74) is 0.587. The molecular weight excluding hydrogens is 256 g/mol. The van der Waals surface area contributed by atoms with Crippen molar-refractivity contribution in [3.05, 3.63) is 35.4 Å². The Kier molecular flexibility index (Phi) is 1.77. The van der Waals surface area contributed by atoms with Gasteiger partial charge in [-0.15, -0.1) is 0 Å². The molecule has 2 heteroatoms.